The first kappa shape index (κ1) is 22.4. The highest BCUT2D eigenvalue weighted by molar-refractivity contribution is 6.36. The van der Waals surface area contributed by atoms with E-state index in [0.29, 0.717) is 5.02 Å². The van der Waals surface area contributed by atoms with E-state index in [-0.39, 0.29) is 42.5 Å². The molecule has 0 saturated heterocycles. The van der Waals surface area contributed by atoms with Gasteiger partial charge in [-0.05, 0) is 30.5 Å². The summed E-state index contributed by atoms with van der Waals surface area (Å²) in [5.41, 5.74) is 5.63. The zero-order valence-electron chi connectivity index (χ0n) is 14.6. The van der Waals surface area contributed by atoms with E-state index < -0.39 is 23.8 Å². The number of carboxylic acids is 1. The smallest absolute Gasteiger partial charge is 0.320 e. The van der Waals surface area contributed by atoms with E-state index in [4.69, 9.17) is 38.8 Å². The maximum Gasteiger partial charge on any atom is 0.320 e. The molecule has 9 heteroatoms. The molecule has 0 fully saturated rings. The standard InChI is InChI=1S/C17H22Cl2N2O5/c1-10(7-14(20)17(24)25)9-21(15(22)5-6-26-2)16(23)12-8-11(18)3-4-13(12)19/h3-4,8,10,14H,5-7,9,20H2,1-2H3,(H,24,25)/t10?,14-/m1/s1. The highest BCUT2D eigenvalue weighted by Crippen LogP contribution is 2.23. The quantitative estimate of drug-likeness (QED) is 0.653. The molecule has 0 saturated carbocycles. The van der Waals surface area contributed by atoms with Crippen LogP contribution in [-0.2, 0) is 14.3 Å². The zero-order valence-corrected chi connectivity index (χ0v) is 16.1. The first-order chi connectivity index (χ1) is 12.2. The molecule has 1 rings (SSSR count). The average molecular weight is 405 g/mol. The Morgan fingerprint density at radius 2 is 1.96 bits per heavy atom. The van der Waals surface area contributed by atoms with Crippen LogP contribution in [0.2, 0.25) is 10.0 Å². The van der Waals surface area contributed by atoms with Gasteiger partial charge in [-0.25, -0.2) is 0 Å². The molecule has 0 spiro atoms. The fraction of sp³-hybridized carbons (Fsp3) is 0.471. The second kappa shape index (κ2) is 10.5. The Kier molecular flexibility index (Phi) is 9.01. The van der Waals surface area contributed by atoms with Gasteiger partial charge >= 0.3 is 5.97 Å². The zero-order chi connectivity index (χ0) is 19.9. The van der Waals surface area contributed by atoms with Gasteiger partial charge in [0.2, 0.25) is 5.91 Å². The Bertz CT molecular complexity index is 669. The lowest BCUT2D eigenvalue weighted by Crippen LogP contribution is -2.42. The molecule has 0 aliphatic carbocycles. The molecule has 0 radical (unpaired) electrons. The highest BCUT2D eigenvalue weighted by atomic mass is 35.5. The summed E-state index contributed by atoms with van der Waals surface area (Å²) in [6.07, 6.45) is 0.109. The van der Waals surface area contributed by atoms with E-state index in [0.717, 1.165) is 4.90 Å². The second-order valence-electron chi connectivity index (χ2n) is 5.96. The number of imide groups is 1. The first-order valence-corrected chi connectivity index (χ1v) is 8.70. The molecule has 0 aromatic heterocycles. The van der Waals surface area contributed by atoms with Crippen molar-refractivity contribution in [2.24, 2.45) is 11.7 Å². The van der Waals surface area contributed by atoms with E-state index in [1.54, 1.807) is 6.92 Å². The van der Waals surface area contributed by atoms with Crippen molar-refractivity contribution in [2.75, 3.05) is 20.3 Å². The maximum absolute atomic E-state index is 12.9. The fourth-order valence-corrected chi connectivity index (χ4v) is 2.72. The molecule has 0 aliphatic rings. The van der Waals surface area contributed by atoms with Crippen LogP contribution < -0.4 is 5.73 Å². The van der Waals surface area contributed by atoms with Gasteiger partial charge in [-0.15, -0.1) is 0 Å². The number of carbonyl (C=O) groups excluding carboxylic acids is 2. The summed E-state index contributed by atoms with van der Waals surface area (Å²) in [4.78, 5) is 37.3. The van der Waals surface area contributed by atoms with Gasteiger partial charge in [0, 0.05) is 18.7 Å². The summed E-state index contributed by atoms with van der Waals surface area (Å²) < 4.78 is 4.89. The van der Waals surface area contributed by atoms with Crippen molar-refractivity contribution < 1.29 is 24.2 Å². The highest BCUT2D eigenvalue weighted by Gasteiger charge is 2.27. The fourth-order valence-electron chi connectivity index (χ4n) is 2.35. The van der Waals surface area contributed by atoms with Gasteiger partial charge in [-0.1, -0.05) is 30.1 Å². The normalized spacial score (nSPS) is 13.1. The molecule has 1 aromatic carbocycles. The number of carboxylic acid groups (broad SMARTS) is 1. The maximum atomic E-state index is 12.9. The van der Waals surface area contributed by atoms with Crippen molar-refractivity contribution in [3.63, 3.8) is 0 Å². The third-order valence-corrected chi connectivity index (χ3v) is 4.26. The SMILES string of the molecule is COCCC(=O)N(CC(C)C[C@@H](N)C(=O)O)C(=O)c1cc(Cl)ccc1Cl. The molecule has 3 N–H and O–H groups in total. The Hall–Kier alpha value is -1.67. The van der Waals surface area contributed by atoms with E-state index >= 15 is 0 Å². The molecule has 2 atom stereocenters. The number of methoxy groups -OCH3 is 1. The van der Waals surface area contributed by atoms with Crippen LogP contribution in [0.25, 0.3) is 0 Å². The van der Waals surface area contributed by atoms with Crippen LogP contribution in [-0.4, -0.2) is 54.1 Å². The first-order valence-electron chi connectivity index (χ1n) is 7.94. The number of amides is 2. The molecule has 7 nitrogen and oxygen atoms in total. The van der Waals surface area contributed by atoms with Crippen LogP contribution >= 0.6 is 23.2 Å². The summed E-state index contributed by atoms with van der Waals surface area (Å²) in [6, 6.07) is 3.31. The number of benzene rings is 1. The number of halogens is 2. The Morgan fingerprint density at radius 3 is 2.54 bits per heavy atom. The van der Waals surface area contributed by atoms with Crippen LogP contribution in [0.5, 0.6) is 0 Å². The molecule has 26 heavy (non-hydrogen) atoms. The number of hydrogen-bond donors (Lipinski definition) is 2. The van der Waals surface area contributed by atoms with E-state index in [9.17, 15) is 14.4 Å². The summed E-state index contributed by atoms with van der Waals surface area (Å²) in [5.74, 6) is -2.52. The van der Waals surface area contributed by atoms with Gasteiger partial charge in [0.05, 0.1) is 23.6 Å². The van der Waals surface area contributed by atoms with Gasteiger partial charge in [0.15, 0.2) is 0 Å². The van der Waals surface area contributed by atoms with Crippen LogP contribution in [0.3, 0.4) is 0 Å². The molecular weight excluding hydrogens is 383 g/mol. The van der Waals surface area contributed by atoms with Crippen molar-refractivity contribution in [1.82, 2.24) is 4.90 Å². The van der Waals surface area contributed by atoms with Gasteiger partial charge in [0.1, 0.15) is 6.04 Å². The number of nitrogens with two attached hydrogens (primary N) is 1. The third kappa shape index (κ3) is 6.57. The summed E-state index contributed by atoms with van der Waals surface area (Å²) in [7, 11) is 1.45. The minimum absolute atomic E-state index is 0.00186. The molecule has 2 amide bonds. The van der Waals surface area contributed by atoms with E-state index in [1.165, 1.54) is 25.3 Å². The predicted octanol–water partition coefficient (Wildman–Crippen LogP) is 2.44. The average Bonchev–Trinajstić information content (AvgIpc) is 2.58. The molecule has 1 unspecified atom stereocenters. The van der Waals surface area contributed by atoms with E-state index in [1.807, 2.05) is 0 Å². The van der Waals surface area contributed by atoms with Gasteiger partial charge in [-0.3, -0.25) is 19.3 Å². The van der Waals surface area contributed by atoms with Crippen LogP contribution in [0.15, 0.2) is 18.2 Å². The third-order valence-electron chi connectivity index (χ3n) is 3.69. The van der Waals surface area contributed by atoms with Gasteiger partial charge in [-0.2, -0.15) is 0 Å². The van der Waals surface area contributed by atoms with Crippen molar-refractivity contribution in [1.29, 1.82) is 0 Å². The van der Waals surface area contributed by atoms with Crippen LogP contribution in [0.1, 0.15) is 30.1 Å². The topological polar surface area (TPSA) is 110 Å². The Morgan fingerprint density at radius 1 is 1.31 bits per heavy atom. The molecule has 0 heterocycles. The van der Waals surface area contributed by atoms with Crippen LogP contribution in [0, 0.1) is 5.92 Å². The monoisotopic (exact) mass is 404 g/mol. The summed E-state index contributed by atoms with van der Waals surface area (Å²) >= 11 is 12.0. The lowest BCUT2D eigenvalue weighted by atomic mass is 10.0. The molecular formula is C17H22Cl2N2O5. The van der Waals surface area contributed by atoms with E-state index in [2.05, 4.69) is 0 Å². The number of nitrogens with zero attached hydrogens (tertiary/aromatic N) is 1. The molecule has 0 aliphatic heterocycles. The minimum atomic E-state index is -1.14. The van der Waals surface area contributed by atoms with Crippen molar-refractivity contribution in [3.8, 4) is 0 Å². The Balaban J connectivity index is 3.04. The second-order valence-corrected chi connectivity index (χ2v) is 6.81. The van der Waals surface area contributed by atoms with Crippen molar-refractivity contribution >= 4 is 41.0 Å². The van der Waals surface area contributed by atoms with Gasteiger partial charge < -0.3 is 15.6 Å². The van der Waals surface area contributed by atoms with Crippen molar-refractivity contribution in [2.45, 2.75) is 25.8 Å². The predicted molar refractivity (Wildman–Crippen MR) is 98.4 cm³/mol. The van der Waals surface area contributed by atoms with Crippen molar-refractivity contribution in [3.05, 3.63) is 33.8 Å². The number of carbonyl (C=O) groups is 3. The summed E-state index contributed by atoms with van der Waals surface area (Å²) in [6.45, 7) is 1.87. The van der Waals surface area contributed by atoms with Crippen LogP contribution in [0.4, 0.5) is 0 Å². The Labute approximate surface area is 162 Å². The number of rotatable bonds is 9. The number of aliphatic carboxylic acids is 1. The minimum Gasteiger partial charge on any atom is -0.480 e. The largest absolute Gasteiger partial charge is 0.480 e. The molecule has 144 valence electrons. The lowest BCUT2D eigenvalue weighted by molar-refractivity contribution is -0.138. The molecule has 0 bridgehead atoms. The lowest BCUT2D eigenvalue weighted by Gasteiger charge is -2.25. The van der Waals surface area contributed by atoms with Gasteiger partial charge in [0.25, 0.3) is 5.91 Å². The summed E-state index contributed by atoms with van der Waals surface area (Å²) in [5, 5.41) is 9.40. The number of hydrogen-bond acceptors (Lipinski definition) is 5. The number of ether oxygens (including phenoxy) is 1. The molecule has 1 aromatic rings.